The van der Waals surface area contributed by atoms with E-state index in [1.807, 2.05) is 24.3 Å². The highest BCUT2D eigenvalue weighted by Gasteiger charge is 2.52. The summed E-state index contributed by atoms with van der Waals surface area (Å²) < 4.78 is 26.8. The van der Waals surface area contributed by atoms with Crippen LogP contribution in [0.1, 0.15) is 38.2 Å². The van der Waals surface area contributed by atoms with Crippen molar-refractivity contribution < 1.29 is 28.3 Å². The lowest BCUT2D eigenvalue weighted by atomic mass is 9.95. The number of aryl methyl sites for hydroxylation is 1. The normalized spacial score (nSPS) is 29.7. The number of amides is 2. The van der Waals surface area contributed by atoms with E-state index in [1.54, 1.807) is 22.9 Å². The predicted octanol–water partition coefficient (Wildman–Crippen LogP) is 3.90. The minimum atomic E-state index is -3.07. The number of carbonyl (C=O) groups excluding carboxylic acids is 2. The number of nitrogens with zero attached hydrogens (tertiary/aromatic N) is 2. The third-order valence-electron chi connectivity index (χ3n) is 7.68. The van der Waals surface area contributed by atoms with Gasteiger partial charge in [-0.25, -0.2) is 4.79 Å². The molecule has 2 amide bonds. The van der Waals surface area contributed by atoms with Crippen molar-refractivity contribution in [3.63, 3.8) is 0 Å². The molecule has 0 bridgehead atoms. The van der Waals surface area contributed by atoms with Crippen molar-refractivity contribution in [3.8, 4) is 0 Å². The van der Waals surface area contributed by atoms with Gasteiger partial charge in [0, 0.05) is 17.8 Å². The minimum Gasteiger partial charge on any atom is -0.447 e. The van der Waals surface area contributed by atoms with Gasteiger partial charge in [-0.05, 0) is 62.4 Å². The smallest absolute Gasteiger partial charge is 0.414 e. The van der Waals surface area contributed by atoms with Gasteiger partial charge < -0.3 is 23.6 Å². The van der Waals surface area contributed by atoms with E-state index in [1.165, 1.54) is 0 Å². The van der Waals surface area contributed by atoms with Gasteiger partial charge in [0.25, 0.3) is 0 Å². The molecule has 3 aliphatic heterocycles. The lowest BCUT2D eigenvalue weighted by molar-refractivity contribution is -0.135. The molecule has 9 heteroatoms. The highest BCUT2D eigenvalue weighted by molar-refractivity contribution is 6.72. The zero-order chi connectivity index (χ0) is 24.5. The number of benzene rings is 1. The predicted molar refractivity (Wildman–Crippen MR) is 130 cm³/mol. The van der Waals surface area contributed by atoms with Gasteiger partial charge in [-0.3, -0.25) is 9.69 Å². The Morgan fingerprint density at radius 1 is 1.26 bits per heavy atom. The van der Waals surface area contributed by atoms with Gasteiger partial charge in [0.05, 0.1) is 37.8 Å². The number of hydrogen-bond acceptors (Lipinski definition) is 5. The standard InChI is InChI=1S/C25H37FN2O5Si/c1-17-21(10-9-18-6-4-7-19(14-18)28-12-13-32-25(28)31)33-22(24(17)34(2,3)26)15-23(30)27-11-5-8-20(27)16-29/h4,6-7,14,17,20-22,24,29H,5,8-13,15-16H2,1-3H3/t17-,20+,21+,22-,24+/m1/s1. The van der Waals surface area contributed by atoms with Gasteiger partial charge in [-0.2, -0.15) is 0 Å². The van der Waals surface area contributed by atoms with Crippen LogP contribution in [-0.2, 0) is 20.7 Å². The molecular weight excluding hydrogens is 455 g/mol. The number of hydrogen-bond donors (Lipinski definition) is 1. The molecule has 1 aromatic carbocycles. The molecule has 0 aromatic heterocycles. The first kappa shape index (κ1) is 25.1. The fraction of sp³-hybridized carbons (Fsp3) is 0.680. The van der Waals surface area contributed by atoms with Crippen LogP contribution in [0.2, 0.25) is 18.6 Å². The number of rotatable bonds is 8. The lowest BCUT2D eigenvalue weighted by Gasteiger charge is -2.30. The SMILES string of the molecule is C[C@H]1[C@H]([Si](C)(C)F)[C@@H](CC(=O)N2CCC[C@H]2CO)O[C@H]1CCc1cccc(N2CCOC2=O)c1. The number of aliphatic hydroxyl groups is 1. The van der Waals surface area contributed by atoms with Crippen LogP contribution in [0.3, 0.4) is 0 Å². The maximum absolute atomic E-state index is 15.4. The second kappa shape index (κ2) is 10.3. The number of anilines is 1. The van der Waals surface area contributed by atoms with Gasteiger partial charge in [0.2, 0.25) is 14.3 Å². The second-order valence-corrected chi connectivity index (χ2v) is 14.2. The van der Waals surface area contributed by atoms with Crippen molar-refractivity contribution in [2.24, 2.45) is 5.92 Å². The lowest BCUT2D eigenvalue weighted by Crippen LogP contribution is -2.42. The molecule has 3 fully saturated rings. The largest absolute Gasteiger partial charge is 0.447 e. The van der Waals surface area contributed by atoms with Crippen molar-refractivity contribution in [2.45, 2.75) is 75.9 Å². The highest BCUT2D eigenvalue weighted by Crippen LogP contribution is 2.47. The third kappa shape index (κ3) is 5.31. The van der Waals surface area contributed by atoms with Crippen molar-refractivity contribution in [2.75, 3.05) is 31.2 Å². The summed E-state index contributed by atoms with van der Waals surface area (Å²) in [4.78, 5) is 28.3. The Morgan fingerprint density at radius 3 is 2.74 bits per heavy atom. The Bertz CT molecular complexity index is 894. The van der Waals surface area contributed by atoms with Gasteiger partial charge >= 0.3 is 6.09 Å². The first-order valence-corrected chi connectivity index (χ1v) is 15.4. The van der Waals surface area contributed by atoms with E-state index >= 15 is 4.11 Å². The Balaban J connectivity index is 1.41. The van der Waals surface area contributed by atoms with E-state index in [0.29, 0.717) is 19.7 Å². The molecule has 5 atom stereocenters. The maximum atomic E-state index is 15.4. The quantitative estimate of drug-likeness (QED) is 0.440. The average Bonchev–Trinajstić information content (AvgIpc) is 3.50. The number of ether oxygens (including phenoxy) is 2. The molecule has 3 saturated heterocycles. The van der Waals surface area contributed by atoms with Crippen molar-refractivity contribution in [1.82, 2.24) is 4.90 Å². The average molecular weight is 493 g/mol. The Labute approximate surface area is 202 Å². The minimum absolute atomic E-state index is 0.0217. The molecule has 3 aliphatic rings. The summed E-state index contributed by atoms with van der Waals surface area (Å²) >= 11 is 0. The van der Waals surface area contributed by atoms with Crippen LogP contribution in [0.5, 0.6) is 0 Å². The molecule has 1 aromatic rings. The third-order valence-corrected chi connectivity index (χ3v) is 10.2. The summed E-state index contributed by atoms with van der Waals surface area (Å²) in [6.07, 6.45) is 2.47. The van der Waals surface area contributed by atoms with E-state index < -0.39 is 14.5 Å². The fourth-order valence-electron chi connectivity index (χ4n) is 6.04. The van der Waals surface area contributed by atoms with Crippen molar-refractivity contribution in [3.05, 3.63) is 29.8 Å². The molecule has 0 saturated carbocycles. The first-order valence-electron chi connectivity index (χ1n) is 12.5. The Hall–Kier alpha value is -1.97. The van der Waals surface area contributed by atoms with Crippen LogP contribution in [0, 0.1) is 5.92 Å². The highest BCUT2D eigenvalue weighted by atomic mass is 28.4. The van der Waals surface area contributed by atoms with Crippen LogP contribution in [0.4, 0.5) is 14.6 Å². The Morgan fingerprint density at radius 2 is 2.06 bits per heavy atom. The van der Waals surface area contributed by atoms with Gasteiger partial charge in [-0.15, -0.1) is 0 Å². The van der Waals surface area contributed by atoms with E-state index in [4.69, 9.17) is 9.47 Å². The van der Waals surface area contributed by atoms with Crippen molar-refractivity contribution in [1.29, 1.82) is 0 Å². The summed E-state index contributed by atoms with van der Waals surface area (Å²) in [5, 5.41) is 9.59. The van der Waals surface area contributed by atoms with E-state index in [9.17, 15) is 14.7 Å². The molecule has 0 unspecified atom stereocenters. The van der Waals surface area contributed by atoms with E-state index in [-0.39, 0.29) is 48.6 Å². The summed E-state index contributed by atoms with van der Waals surface area (Å²) in [5.41, 5.74) is 1.66. The molecule has 0 spiro atoms. The van der Waals surface area contributed by atoms with Crippen LogP contribution in [0.25, 0.3) is 0 Å². The van der Waals surface area contributed by atoms with Crippen LogP contribution < -0.4 is 4.90 Å². The topological polar surface area (TPSA) is 79.3 Å². The zero-order valence-electron chi connectivity index (χ0n) is 20.4. The summed E-state index contributed by atoms with van der Waals surface area (Å²) in [6, 6.07) is 7.74. The van der Waals surface area contributed by atoms with Gasteiger partial charge in [0.15, 0.2) is 0 Å². The van der Waals surface area contributed by atoms with E-state index in [0.717, 1.165) is 36.9 Å². The van der Waals surface area contributed by atoms with Crippen molar-refractivity contribution >= 4 is 26.1 Å². The Kier molecular flexibility index (Phi) is 7.64. The molecule has 0 radical (unpaired) electrons. The van der Waals surface area contributed by atoms with Gasteiger partial charge in [0.1, 0.15) is 6.61 Å². The summed E-state index contributed by atoms with van der Waals surface area (Å²) in [5.74, 6) is -0.0173. The molecule has 0 aliphatic carbocycles. The maximum Gasteiger partial charge on any atom is 0.414 e. The number of likely N-dealkylation sites (tertiary alicyclic amines) is 1. The summed E-state index contributed by atoms with van der Waals surface area (Å²) in [7, 11) is -3.07. The van der Waals surface area contributed by atoms with Crippen LogP contribution >= 0.6 is 0 Å². The zero-order valence-corrected chi connectivity index (χ0v) is 21.4. The second-order valence-electron chi connectivity index (χ2n) is 10.4. The van der Waals surface area contributed by atoms with Gasteiger partial charge in [-0.1, -0.05) is 19.1 Å². The number of halogens is 1. The van der Waals surface area contributed by atoms with E-state index in [2.05, 4.69) is 6.92 Å². The number of carbonyl (C=O) groups is 2. The first-order chi connectivity index (χ1) is 16.2. The molecule has 1 N–H and O–H groups in total. The molecule has 34 heavy (non-hydrogen) atoms. The molecular formula is C25H37FN2O5Si. The van der Waals surface area contributed by atoms with Crippen LogP contribution in [0.15, 0.2) is 24.3 Å². The molecule has 3 heterocycles. The molecule has 188 valence electrons. The fourth-order valence-corrected chi connectivity index (χ4v) is 8.58. The number of cyclic esters (lactones) is 1. The number of aliphatic hydroxyl groups excluding tert-OH is 1. The monoisotopic (exact) mass is 492 g/mol. The summed E-state index contributed by atoms with van der Waals surface area (Å²) in [6.45, 7) is 7.04. The molecule has 7 nitrogen and oxygen atoms in total. The molecule has 4 rings (SSSR count). The van der Waals surface area contributed by atoms with Crippen LogP contribution in [-0.4, -0.2) is 75.0 Å².